The highest BCUT2D eigenvalue weighted by atomic mass is 35.5. The molecule has 0 saturated heterocycles. The van der Waals surface area contributed by atoms with Gasteiger partial charge in [0.25, 0.3) is 0 Å². The number of benzene rings is 1. The van der Waals surface area contributed by atoms with Crippen LogP contribution >= 0.6 is 11.6 Å². The number of halogens is 1. The van der Waals surface area contributed by atoms with E-state index in [1.54, 1.807) is 7.11 Å². The van der Waals surface area contributed by atoms with Gasteiger partial charge in [-0.05, 0) is 11.1 Å². The lowest BCUT2D eigenvalue weighted by molar-refractivity contribution is 0.0719. The summed E-state index contributed by atoms with van der Waals surface area (Å²) in [5.41, 5.74) is 2.41. The van der Waals surface area contributed by atoms with Gasteiger partial charge in [-0.2, -0.15) is 0 Å². The van der Waals surface area contributed by atoms with Crippen LogP contribution in [0.1, 0.15) is 11.1 Å². The lowest BCUT2D eigenvalue weighted by atomic mass is 10.1. The van der Waals surface area contributed by atoms with Gasteiger partial charge in [0.2, 0.25) is 0 Å². The lowest BCUT2D eigenvalue weighted by Gasteiger charge is -2.06. The largest absolute Gasteiger partial charge is 0.382 e. The first-order valence-corrected chi connectivity index (χ1v) is 6.31. The van der Waals surface area contributed by atoms with E-state index in [9.17, 15) is 0 Å². The van der Waals surface area contributed by atoms with Gasteiger partial charge in [-0.3, -0.25) is 0 Å². The Morgan fingerprint density at radius 2 is 1.76 bits per heavy atom. The molecule has 17 heavy (non-hydrogen) atoms. The van der Waals surface area contributed by atoms with Crippen molar-refractivity contribution in [2.75, 3.05) is 33.5 Å². The molecule has 1 aromatic carbocycles. The standard InChI is InChI=1S/C13H20ClNO2/c1-16-8-9-17-7-6-15-11-13-4-2-12(10-14)3-5-13/h2-5,15H,6-11H2,1H3. The molecule has 0 aliphatic heterocycles. The van der Waals surface area contributed by atoms with E-state index in [0.717, 1.165) is 18.7 Å². The van der Waals surface area contributed by atoms with Crippen LogP contribution in [-0.2, 0) is 21.9 Å². The van der Waals surface area contributed by atoms with Gasteiger partial charge in [-0.15, -0.1) is 11.6 Å². The van der Waals surface area contributed by atoms with Gasteiger partial charge in [-0.25, -0.2) is 0 Å². The minimum absolute atomic E-state index is 0.570. The molecule has 0 saturated carbocycles. The third-order valence-electron chi connectivity index (χ3n) is 2.36. The predicted octanol–water partition coefficient (Wildman–Crippen LogP) is 2.18. The fourth-order valence-corrected chi connectivity index (χ4v) is 1.55. The zero-order valence-corrected chi connectivity index (χ0v) is 11.0. The van der Waals surface area contributed by atoms with Crippen molar-refractivity contribution in [1.82, 2.24) is 5.32 Å². The summed E-state index contributed by atoms with van der Waals surface area (Å²) in [6.45, 7) is 3.72. The molecule has 96 valence electrons. The van der Waals surface area contributed by atoms with Gasteiger partial charge in [-0.1, -0.05) is 24.3 Å². The summed E-state index contributed by atoms with van der Waals surface area (Å²) in [5, 5.41) is 3.32. The summed E-state index contributed by atoms with van der Waals surface area (Å²) in [5.74, 6) is 0.570. The minimum atomic E-state index is 0.570. The van der Waals surface area contributed by atoms with Crippen molar-refractivity contribution >= 4 is 11.6 Å². The molecule has 4 heteroatoms. The first-order valence-electron chi connectivity index (χ1n) is 5.78. The Balaban J connectivity index is 2.05. The smallest absolute Gasteiger partial charge is 0.0700 e. The number of alkyl halides is 1. The Kier molecular flexibility index (Phi) is 8.01. The number of hydrogen-bond acceptors (Lipinski definition) is 3. The molecule has 1 N–H and O–H groups in total. The molecule has 1 aromatic rings. The van der Waals surface area contributed by atoms with Gasteiger partial charge in [0.15, 0.2) is 0 Å². The van der Waals surface area contributed by atoms with E-state index in [4.69, 9.17) is 21.1 Å². The van der Waals surface area contributed by atoms with Crippen LogP contribution < -0.4 is 5.32 Å². The Morgan fingerprint density at radius 1 is 1.06 bits per heavy atom. The molecule has 1 rings (SSSR count). The summed E-state index contributed by atoms with van der Waals surface area (Å²) in [7, 11) is 1.67. The first-order chi connectivity index (χ1) is 8.36. The van der Waals surface area contributed by atoms with E-state index >= 15 is 0 Å². The van der Waals surface area contributed by atoms with Crippen molar-refractivity contribution in [3.05, 3.63) is 35.4 Å². The summed E-state index contributed by atoms with van der Waals surface area (Å²) in [4.78, 5) is 0. The minimum Gasteiger partial charge on any atom is -0.382 e. The van der Waals surface area contributed by atoms with E-state index in [-0.39, 0.29) is 0 Å². The van der Waals surface area contributed by atoms with E-state index in [1.165, 1.54) is 5.56 Å². The fraction of sp³-hybridized carbons (Fsp3) is 0.538. The molecule has 0 fully saturated rings. The maximum Gasteiger partial charge on any atom is 0.0700 e. The second-order valence-electron chi connectivity index (χ2n) is 3.73. The summed E-state index contributed by atoms with van der Waals surface area (Å²) >= 11 is 5.72. The Hall–Kier alpha value is -0.610. The van der Waals surface area contributed by atoms with Gasteiger partial charge in [0.1, 0.15) is 0 Å². The molecular weight excluding hydrogens is 238 g/mol. The topological polar surface area (TPSA) is 30.5 Å². The zero-order valence-electron chi connectivity index (χ0n) is 10.2. The molecule has 0 unspecified atom stereocenters. The number of methoxy groups -OCH3 is 1. The van der Waals surface area contributed by atoms with Crippen LogP contribution in [0.15, 0.2) is 24.3 Å². The monoisotopic (exact) mass is 257 g/mol. The molecule has 0 aliphatic rings. The van der Waals surface area contributed by atoms with Crippen LogP contribution in [0.4, 0.5) is 0 Å². The van der Waals surface area contributed by atoms with Crippen LogP contribution in [0.5, 0.6) is 0 Å². The van der Waals surface area contributed by atoms with Crippen molar-refractivity contribution in [2.24, 2.45) is 0 Å². The quantitative estimate of drug-likeness (QED) is 0.543. The molecule has 0 heterocycles. The van der Waals surface area contributed by atoms with Gasteiger partial charge < -0.3 is 14.8 Å². The molecule has 0 radical (unpaired) electrons. The van der Waals surface area contributed by atoms with Crippen LogP contribution in [0, 0.1) is 0 Å². The van der Waals surface area contributed by atoms with E-state index in [1.807, 2.05) is 0 Å². The van der Waals surface area contributed by atoms with Crippen molar-refractivity contribution in [2.45, 2.75) is 12.4 Å². The van der Waals surface area contributed by atoms with Gasteiger partial charge in [0, 0.05) is 26.1 Å². The third kappa shape index (κ3) is 6.64. The second-order valence-corrected chi connectivity index (χ2v) is 4.00. The molecule has 3 nitrogen and oxygen atoms in total. The molecule has 0 aromatic heterocycles. The molecule has 0 bridgehead atoms. The van der Waals surface area contributed by atoms with Crippen molar-refractivity contribution in [3.63, 3.8) is 0 Å². The van der Waals surface area contributed by atoms with E-state index < -0.39 is 0 Å². The number of rotatable bonds is 9. The van der Waals surface area contributed by atoms with Gasteiger partial charge >= 0.3 is 0 Å². The summed E-state index contributed by atoms with van der Waals surface area (Å²) < 4.78 is 10.2. The normalized spacial score (nSPS) is 10.7. The molecule has 0 amide bonds. The van der Waals surface area contributed by atoms with Gasteiger partial charge in [0.05, 0.1) is 19.8 Å². The molecule has 0 aliphatic carbocycles. The number of nitrogens with one attached hydrogen (secondary N) is 1. The Labute approximate surface area is 108 Å². The second kappa shape index (κ2) is 9.42. The first kappa shape index (κ1) is 14.5. The summed E-state index contributed by atoms with van der Waals surface area (Å²) in [6, 6.07) is 8.30. The third-order valence-corrected chi connectivity index (χ3v) is 2.67. The predicted molar refractivity (Wildman–Crippen MR) is 70.4 cm³/mol. The molecule has 0 spiro atoms. The lowest BCUT2D eigenvalue weighted by Crippen LogP contribution is -2.20. The maximum absolute atomic E-state index is 5.72. The molecule has 0 atom stereocenters. The highest BCUT2D eigenvalue weighted by Gasteiger charge is 1.94. The van der Waals surface area contributed by atoms with Crippen LogP contribution in [0.2, 0.25) is 0 Å². The fourth-order valence-electron chi connectivity index (χ4n) is 1.37. The SMILES string of the molecule is COCCOCCNCc1ccc(CCl)cc1. The number of hydrogen-bond donors (Lipinski definition) is 1. The van der Waals surface area contributed by atoms with Crippen molar-refractivity contribution in [3.8, 4) is 0 Å². The van der Waals surface area contributed by atoms with E-state index in [2.05, 4.69) is 29.6 Å². The zero-order chi connectivity index (χ0) is 12.3. The van der Waals surface area contributed by atoms with Crippen LogP contribution in [-0.4, -0.2) is 33.5 Å². The maximum atomic E-state index is 5.72. The average molecular weight is 258 g/mol. The Morgan fingerprint density at radius 3 is 2.41 bits per heavy atom. The molecular formula is C13H20ClNO2. The van der Waals surface area contributed by atoms with Crippen molar-refractivity contribution in [1.29, 1.82) is 0 Å². The van der Waals surface area contributed by atoms with Crippen LogP contribution in [0.25, 0.3) is 0 Å². The highest BCUT2D eigenvalue weighted by Crippen LogP contribution is 2.06. The number of ether oxygens (including phenoxy) is 2. The van der Waals surface area contributed by atoms with Crippen molar-refractivity contribution < 1.29 is 9.47 Å². The van der Waals surface area contributed by atoms with E-state index in [0.29, 0.717) is 25.7 Å². The van der Waals surface area contributed by atoms with Crippen LogP contribution in [0.3, 0.4) is 0 Å². The Bertz CT molecular complexity index is 290. The highest BCUT2D eigenvalue weighted by molar-refractivity contribution is 6.17. The summed E-state index contributed by atoms with van der Waals surface area (Å²) in [6.07, 6.45) is 0. The average Bonchev–Trinajstić information content (AvgIpc) is 2.38.